The Morgan fingerprint density at radius 3 is 2.50 bits per heavy atom. The van der Waals surface area contributed by atoms with Crippen molar-refractivity contribution >= 4 is 11.6 Å². The van der Waals surface area contributed by atoms with E-state index in [1.807, 2.05) is 0 Å². The van der Waals surface area contributed by atoms with Gasteiger partial charge in [0.2, 0.25) is 0 Å². The highest BCUT2D eigenvalue weighted by atomic mass is 35.5. The van der Waals surface area contributed by atoms with Crippen LogP contribution in [0.25, 0.3) is 0 Å². The van der Waals surface area contributed by atoms with Crippen LogP contribution >= 0.6 is 11.6 Å². The van der Waals surface area contributed by atoms with Crippen molar-refractivity contribution in [2.75, 3.05) is 6.54 Å². The topological polar surface area (TPSA) is 12.0 Å². The molecular weight excluding hydrogens is 122 g/mol. The van der Waals surface area contributed by atoms with Crippen LogP contribution in [0.2, 0.25) is 0 Å². The summed E-state index contributed by atoms with van der Waals surface area (Å²) >= 11 is 5.73. The lowest BCUT2D eigenvalue weighted by Crippen LogP contribution is -2.23. The van der Waals surface area contributed by atoms with Crippen molar-refractivity contribution in [2.45, 2.75) is 32.2 Å². The van der Waals surface area contributed by atoms with Gasteiger partial charge in [-0.25, -0.2) is 0 Å². The summed E-state index contributed by atoms with van der Waals surface area (Å²) in [6, 6.07) is 0. The molecule has 1 atom stereocenters. The molecule has 0 radical (unpaired) electrons. The molecule has 0 fully saturated rings. The van der Waals surface area contributed by atoms with Crippen molar-refractivity contribution in [1.82, 2.24) is 5.32 Å². The number of nitrogens with one attached hydrogen (secondary N) is 1. The maximum atomic E-state index is 5.73. The van der Waals surface area contributed by atoms with Gasteiger partial charge in [0, 0.05) is 0 Å². The molecule has 1 unspecified atom stereocenters. The molecule has 8 heavy (non-hydrogen) atoms. The molecule has 0 saturated heterocycles. The Kier molecular flexibility index (Phi) is 5.56. The SMILES string of the molecule is CCCNC(Cl)CC. The molecule has 0 heterocycles. The summed E-state index contributed by atoms with van der Waals surface area (Å²) in [6.07, 6.45) is 2.16. The fourth-order valence-corrected chi connectivity index (χ4v) is 0.554. The van der Waals surface area contributed by atoms with E-state index in [2.05, 4.69) is 19.2 Å². The van der Waals surface area contributed by atoms with Crippen molar-refractivity contribution in [3.63, 3.8) is 0 Å². The van der Waals surface area contributed by atoms with Gasteiger partial charge in [0.1, 0.15) is 0 Å². The predicted octanol–water partition coefficient (Wildman–Crippen LogP) is 1.96. The standard InChI is InChI=1S/C6H14ClN/c1-3-5-8-6(7)4-2/h6,8H,3-5H2,1-2H3. The molecule has 0 bridgehead atoms. The lowest BCUT2D eigenvalue weighted by Gasteiger charge is -2.05. The Balaban J connectivity index is 2.86. The molecule has 2 heteroatoms. The van der Waals surface area contributed by atoms with Gasteiger partial charge < -0.3 is 5.32 Å². The van der Waals surface area contributed by atoms with Gasteiger partial charge in [-0.05, 0) is 19.4 Å². The van der Waals surface area contributed by atoms with E-state index in [1.165, 1.54) is 0 Å². The Hall–Kier alpha value is 0.250. The van der Waals surface area contributed by atoms with Crippen LogP contribution in [0.15, 0.2) is 0 Å². The van der Waals surface area contributed by atoms with Crippen LogP contribution < -0.4 is 5.32 Å². The average Bonchev–Trinajstić information content (AvgIpc) is 1.83. The van der Waals surface area contributed by atoms with Crippen LogP contribution in [0.3, 0.4) is 0 Å². The Morgan fingerprint density at radius 2 is 2.12 bits per heavy atom. The second kappa shape index (κ2) is 5.39. The predicted molar refractivity (Wildman–Crippen MR) is 38.2 cm³/mol. The zero-order valence-corrected chi connectivity index (χ0v) is 6.33. The quantitative estimate of drug-likeness (QED) is 0.459. The van der Waals surface area contributed by atoms with E-state index in [0.29, 0.717) is 0 Å². The van der Waals surface area contributed by atoms with E-state index in [0.717, 1.165) is 19.4 Å². The van der Waals surface area contributed by atoms with Crippen molar-refractivity contribution in [2.24, 2.45) is 0 Å². The second-order valence-electron chi connectivity index (χ2n) is 1.83. The highest BCUT2D eigenvalue weighted by Gasteiger charge is 1.94. The number of hydrogen-bond donors (Lipinski definition) is 1. The molecule has 50 valence electrons. The van der Waals surface area contributed by atoms with Crippen molar-refractivity contribution in [3.8, 4) is 0 Å². The van der Waals surface area contributed by atoms with Gasteiger partial charge in [0.15, 0.2) is 0 Å². The molecule has 1 nitrogen and oxygen atoms in total. The Morgan fingerprint density at radius 1 is 1.50 bits per heavy atom. The third kappa shape index (κ3) is 4.41. The van der Waals surface area contributed by atoms with Gasteiger partial charge in [-0.3, -0.25) is 0 Å². The van der Waals surface area contributed by atoms with Crippen molar-refractivity contribution in [3.05, 3.63) is 0 Å². The smallest absolute Gasteiger partial charge is 0.0822 e. The van der Waals surface area contributed by atoms with Crippen LogP contribution in [0.1, 0.15) is 26.7 Å². The van der Waals surface area contributed by atoms with Gasteiger partial charge in [-0.2, -0.15) is 0 Å². The number of alkyl halides is 1. The molecule has 0 aliphatic heterocycles. The summed E-state index contributed by atoms with van der Waals surface area (Å²) in [5.74, 6) is 0. The zero-order chi connectivity index (χ0) is 6.41. The van der Waals surface area contributed by atoms with Gasteiger partial charge in [0.25, 0.3) is 0 Å². The Labute approximate surface area is 56.4 Å². The molecule has 0 aromatic carbocycles. The minimum absolute atomic E-state index is 0.176. The first-order valence-electron chi connectivity index (χ1n) is 3.18. The first kappa shape index (κ1) is 8.25. The van der Waals surface area contributed by atoms with Gasteiger partial charge in [-0.15, -0.1) is 11.6 Å². The van der Waals surface area contributed by atoms with E-state index in [9.17, 15) is 0 Å². The molecular formula is C6H14ClN. The second-order valence-corrected chi connectivity index (χ2v) is 2.36. The summed E-state index contributed by atoms with van der Waals surface area (Å²) in [5.41, 5.74) is 0.176. The van der Waals surface area contributed by atoms with E-state index >= 15 is 0 Å². The van der Waals surface area contributed by atoms with Gasteiger partial charge in [-0.1, -0.05) is 13.8 Å². The van der Waals surface area contributed by atoms with Crippen LogP contribution in [0.4, 0.5) is 0 Å². The molecule has 0 rings (SSSR count). The first-order chi connectivity index (χ1) is 3.81. The number of hydrogen-bond acceptors (Lipinski definition) is 1. The Bertz CT molecular complexity index is 47.8. The summed E-state index contributed by atoms with van der Waals surface area (Å²) in [7, 11) is 0. The van der Waals surface area contributed by atoms with Crippen LogP contribution in [0.5, 0.6) is 0 Å². The van der Waals surface area contributed by atoms with Crippen LogP contribution in [0, 0.1) is 0 Å². The highest BCUT2D eigenvalue weighted by molar-refractivity contribution is 6.20. The van der Waals surface area contributed by atoms with Crippen LogP contribution in [-0.2, 0) is 0 Å². The molecule has 0 aliphatic rings. The zero-order valence-electron chi connectivity index (χ0n) is 5.58. The molecule has 0 aliphatic carbocycles. The van der Waals surface area contributed by atoms with Gasteiger partial charge >= 0.3 is 0 Å². The maximum absolute atomic E-state index is 5.73. The van der Waals surface area contributed by atoms with E-state index in [4.69, 9.17) is 11.6 Å². The monoisotopic (exact) mass is 135 g/mol. The summed E-state index contributed by atoms with van der Waals surface area (Å²) in [6.45, 7) is 5.23. The third-order valence-corrected chi connectivity index (χ3v) is 1.44. The molecule has 0 amide bonds. The van der Waals surface area contributed by atoms with E-state index in [1.54, 1.807) is 0 Å². The summed E-state index contributed by atoms with van der Waals surface area (Å²) in [5, 5.41) is 3.15. The molecule has 0 saturated carbocycles. The first-order valence-corrected chi connectivity index (χ1v) is 3.62. The third-order valence-electron chi connectivity index (χ3n) is 0.974. The number of halogens is 1. The largest absolute Gasteiger partial charge is 0.301 e. The van der Waals surface area contributed by atoms with Crippen LogP contribution in [-0.4, -0.2) is 12.0 Å². The average molecular weight is 136 g/mol. The lowest BCUT2D eigenvalue weighted by molar-refractivity contribution is 0.617. The van der Waals surface area contributed by atoms with Gasteiger partial charge in [0.05, 0.1) is 5.50 Å². The highest BCUT2D eigenvalue weighted by Crippen LogP contribution is 1.94. The van der Waals surface area contributed by atoms with Crippen molar-refractivity contribution in [1.29, 1.82) is 0 Å². The maximum Gasteiger partial charge on any atom is 0.0822 e. The van der Waals surface area contributed by atoms with E-state index in [-0.39, 0.29) is 5.50 Å². The fourth-order valence-electron chi connectivity index (χ4n) is 0.445. The molecule has 0 spiro atoms. The molecule has 0 aromatic rings. The fraction of sp³-hybridized carbons (Fsp3) is 1.00. The molecule has 0 aromatic heterocycles. The minimum Gasteiger partial charge on any atom is -0.301 e. The van der Waals surface area contributed by atoms with E-state index < -0.39 is 0 Å². The summed E-state index contributed by atoms with van der Waals surface area (Å²) < 4.78 is 0. The lowest BCUT2D eigenvalue weighted by atomic mass is 10.4. The molecule has 1 N–H and O–H groups in total. The summed E-state index contributed by atoms with van der Waals surface area (Å²) in [4.78, 5) is 0. The number of rotatable bonds is 4. The minimum atomic E-state index is 0.176. The normalized spacial score (nSPS) is 13.9. The van der Waals surface area contributed by atoms with Crippen molar-refractivity contribution < 1.29 is 0 Å².